The Labute approximate surface area is 130 Å². The largest absolute Gasteiger partial charge is 0.417 e. The maximum atomic E-state index is 12.9. The van der Waals surface area contributed by atoms with Crippen LogP contribution in [0.25, 0.3) is 0 Å². The first-order valence-corrected chi connectivity index (χ1v) is 7.38. The predicted molar refractivity (Wildman–Crippen MR) is 77.2 cm³/mol. The van der Waals surface area contributed by atoms with Crippen LogP contribution in [0.5, 0.6) is 0 Å². The van der Waals surface area contributed by atoms with Crippen LogP contribution in [0, 0.1) is 0 Å². The molecular formula is C14H17BrF3NO2. The van der Waals surface area contributed by atoms with Gasteiger partial charge >= 0.3 is 6.18 Å². The van der Waals surface area contributed by atoms with E-state index in [1.807, 2.05) is 6.92 Å². The molecule has 1 aromatic rings. The maximum Gasteiger partial charge on any atom is 0.417 e. The van der Waals surface area contributed by atoms with Crippen molar-refractivity contribution < 1.29 is 22.7 Å². The second-order valence-corrected chi connectivity index (χ2v) is 5.33. The van der Waals surface area contributed by atoms with E-state index >= 15 is 0 Å². The first kappa shape index (κ1) is 18.0. The Morgan fingerprint density at radius 3 is 2.67 bits per heavy atom. The molecule has 1 aromatic carbocycles. The topological polar surface area (TPSA) is 38.3 Å². The fourth-order valence-electron chi connectivity index (χ4n) is 1.67. The molecule has 1 N–H and O–H groups in total. The number of halogens is 4. The van der Waals surface area contributed by atoms with Gasteiger partial charge in [-0.25, -0.2) is 0 Å². The zero-order valence-corrected chi connectivity index (χ0v) is 13.2. The normalized spacial score (nSPS) is 11.5. The minimum atomic E-state index is -4.57. The van der Waals surface area contributed by atoms with Crippen molar-refractivity contribution in [3.05, 3.63) is 33.8 Å². The predicted octanol–water partition coefficient (Wildman–Crippen LogP) is 4.01. The summed E-state index contributed by atoms with van der Waals surface area (Å²) in [5.41, 5.74) is -1.32. The molecule has 3 nitrogen and oxygen atoms in total. The number of alkyl halides is 3. The molecular weight excluding hydrogens is 351 g/mol. The number of carbonyl (C=O) groups is 1. The third-order valence-electron chi connectivity index (χ3n) is 2.63. The lowest BCUT2D eigenvalue weighted by Crippen LogP contribution is -2.27. The Balaban J connectivity index is 2.62. The summed E-state index contributed by atoms with van der Waals surface area (Å²) in [6.45, 7) is 3.36. The molecule has 0 spiro atoms. The van der Waals surface area contributed by atoms with Crippen LogP contribution in [0.3, 0.4) is 0 Å². The molecule has 0 saturated carbocycles. The summed E-state index contributed by atoms with van der Waals surface area (Å²) in [6.07, 6.45) is -3.11. The molecule has 0 aliphatic carbocycles. The van der Waals surface area contributed by atoms with E-state index in [2.05, 4.69) is 21.2 Å². The van der Waals surface area contributed by atoms with Crippen LogP contribution in [0.4, 0.5) is 13.2 Å². The van der Waals surface area contributed by atoms with E-state index in [1.54, 1.807) is 0 Å². The van der Waals surface area contributed by atoms with Crippen LogP contribution in [-0.4, -0.2) is 25.7 Å². The lowest BCUT2D eigenvalue weighted by Gasteiger charge is -2.13. The SMILES string of the molecule is CCCOCCCNC(=O)c1ccc(Br)cc1C(F)(F)F. The molecule has 118 valence electrons. The van der Waals surface area contributed by atoms with Gasteiger partial charge in [-0.15, -0.1) is 0 Å². The smallest absolute Gasteiger partial charge is 0.381 e. The average Bonchev–Trinajstić information content (AvgIpc) is 2.41. The van der Waals surface area contributed by atoms with E-state index in [0.717, 1.165) is 18.6 Å². The average molecular weight is 368 g/mol. The van der Waals surface area contributed by atoms with Gasteiger partial charge in [0.1, 0.15) is 0 Å². The molecule has 21 heavy (non-hydrogen) atoms. The first-order valence-electron chi connectivity index (χ1n) is 6.59. The van der Waals surface area contributed by atoms with Crippen LogP contribution in [0.2, 0.25) is 0 Å². The molecule has 0 heterocycles. The third-order valence-corrected chi connectivity index (χ3v) is 3.12. The Kier molecular flexibility index (Phi) is 7.17. The zero-order valence-electron chi connectivity index (χ0n) is 11.6. The number of hydrogen-bond acceptors (Lipinski definition) is 2. The van der Waals surface area contributed by atoms with Crippen molar-refractivity contribution in [2.45, 2.75) is 25.9 Å². The van der Waals surface area contributed by atoms with Crippen molar-refractivity contribution in [3.63, 3.8) is 0 Å². The number of carbonyl (C=O) groups excluding carboxylic acids is 1. The minimum Gasteiger partial charge on any atom is -0.381 e. The fraction of sp³-hybridized carbons (Fsp3) is 0.500. The van der Waals surface area contributed by atoms with Gasteiger partial charge in [-0.1, -0.05) is 22.9 Å². The molecule has 0 aliphatic rings. The number of ether oxygens (including phenoxy) is 1. The third kappa shape index (κ3) is 6.05. The molecule has 1 amide bonds. The molecule has 1 rings (SSSR count). The van der Waals surface area contributed by atoms with Gasteiger partial charge in [0.25, 0.3) is 5.91 Å². The van der Waals surface area contributed by atoms with Crippen molar-refractivity contribution in [1.29, 1.82) is 0 Å². The van der Waals surface area contributed by atoms with E-state index in [9.17, 15) is 18.0 Å². The second kappa shape index (κ2) is 8.38. The summed E-state index contributed by atoms with van der Waals surface area (Å²) in [5.74, 6) is -0.731. The van der Waals surface area contributed by atoms with E-state index in [4.69, 9.17) is 4.74 Å². The van der Waals surface area contributed by atoms with Gasteiger partial charge in [-0.2, -0.15) is 13.2 Å². The lowest BCUT2D eigenvalue weighted by atomic mass is 10.1. The summed E-state index contributed by atoms with van der Waals surface area (Å²) in [7, 11) is 0. The van der Waals surface area contributed by atoms with Crippen molar-refractivity contribution in [2.75, 3.05) is 19.8 Å². The Hall–Kier alpha value is -1.08. The standard InChI is InChI=1S/C14H17BrF3NO2/c1-2-7-21-8-3-6-19-13(20)11-5-4-10(15)9-12(11)14(16,17)18/h4-5,9H,2-3,6-8H2,1H3,(H,19,20). The number of hydrogen-bond donors (Lipinski definition) is 1. The summed E-state index contributed by atoms with van der Waals surface area (Å²) in [4.78, 5) is 11.8. The van der Waals surface area contributed by atoms with Crippen LogP contribution in [-0.2, 0) is 10.9 Å². The highest BCUT2D eigenvalue weighted by molar-refractivity contribution is 9.10. The highest BCUT2D eigenvalue weighted by atomic mass is 79.9. The first-order chi connectivity index (χ1) is 9.86. The highest BCUT2D eigenvalue weighted by Gasteiger charge is 2.35. The molecule has 0 fully saturated rings. The highest BCUT2D eigenvalue weighted by Crippen LogP contribution is 2.33. The van der Waals surface area contributed by atoms with E-state index < -0.39 is 17.6 Å². The van der Waals surface area contributed by atoms with E-state index in [-0.39, 0.29) is 16.6 Å². The number of nitrogens with one attached hydrogen (secondary N) is 1. The van der Waals surface area contributed by atoms with Crippen molar-refractivity contribution in [2.24, 2.45) is 0 Å². The number of rotatable bonds is 7. The summed E-state index contributed by atoms with van der Waals surface area (Å²) in [6, 6.07) is 3.48. The van der Waals surface area contributed by atoms with E-state index in [0.29, 0.717) is 19.6 Å². The van der Waals surface area contributed by atoms with Gasteiger partial charge in [0.2, 0.25) is 0 Å². The van der Waals surface area contributed by atoms with Crippen LogP contribution in [0.1, 0.15) is 35.7 Å². The minimum absolute atomic E-state index is 0.274. The zero-order chi connectivity index (χ0) is 15.9. The maximum absolute atomic E-state index is 12.9. The van der Waals surface area contributed by atoms with Crippen molar-refractivity contribution in [3.8, 4) is 0 Å². The molecule has 0 saturated heterocycles. The van der Waals surface area contributed by atoms with Gasteiger partial charge in [0.15, 0.2) is 0 Å². The van der Waals surface area contributed by atoms with E-state index in [1.165, 1.54) is 6.07 Å². The Morgan fingerprint density at radius 1 is 1.33 bits per heavy atom. The quantitative estimate of drug-likeness (QED) is 0.739. The van der Waals surface area contributed by atoms with Crippen molar-refractivity contribution >= 4 is 21.8 Å². The van der Waals surface area contributed by atoms with Gasteiger partial charge in [-0.3, -0.25) is 4.79 Å². The molecule has 0 aliphatic heterocycles. The van der Waals surface area contributed by atoms with Crippen molar-refractivity contribution in [1.82, 2.24) is 5.32 Å². The molecule has 0 bridgehead atoms. The lowest BCUT2D eigenvalue weighted by molar-refractivity contribution is -0.138. The molecule has 0 atom stereocenters. The summed E-state index contributed by atoms with van der Waals surface area (Å²) < 4.78 is 44.2. The van der Waals surface area contributed by atoms with Gasteiger partial charge in [0, 0.05) is 24.2 Å². The summed E-state index contributed by atoms with van der Waals surface area (Å²) in [5, 5.41) is 2.47. The van der Waals surface area contributed by atoms with Crippen LogP contribution < -0.4 is 5.32 Å². The van der Waals surface area contributed by atoms with Gasteiger partial charge in [0.05, 0.1) is 11.1 Å². The second-order valence-electron chi connectivity index (χ2n) is 4.41. The molecule has 0 radical (unpaired) electrons. The monoisotopic (exact) mass is 367 g/mol. The summed E-state index contributed by atoms with van der Waals surface area (Å²) >= 11 is 2.98. The van der Waals surface area contributed by atoms with Gasteiger partial charge < -0.3 is 10.1 Å². The Bertz CT molecular complexity index is 478. The molecule has 0 unspecified atom stereocenters. The van der Waals surface area contributed by atoms with Gasteiger partial charge in [-0.05, 0) is 31.0 Å². The molecule has 0 aromatic heterocycles. The number of benzene rings is 1. The Morgan fingerprint density at radius 2 is 2.05 bits per heavy atom. The number of amides is 1. The molecule has 7 heteroatoms. The fourth-order valence-corrected chi connectivity index (χ4v) is 2.03. The van der Waals surface area contributed by atoms with Crippen LogP contribution >= 0.6 is 15.9 Å². The van der Waals surface area contributed by atoms with Crippen LogP contribution in [0.15, 0.2) is 22.7 Å².